The lowest BCUT2D eigenvalue weighted by Crippen LogP contribution is -2.38. The monoisotopic (exact) mass is 382 g/mol. The molecule has 0 unspecified atom stereocenters. The summed E-state index contributed by atoms with van der Waals surface area (Å²) in [5.41, 5.74) is 4.44. The fourth-order valence-electron chi connectivity index (χ4n) is 3.96. The van der Waals surface area contributed by atoms with Crippen molar-refractivity contribution in [1.29, 1.82) is 0 Å². The second kappa shape index (κ2) is 7.75. The van der Waals surface area contributed by atoms with Gasteiger partial charge in [-0.15, -0.1) is 0 Å². The Balaban J connectivity index is 1.41. The van der Waals surface area contributed by atoms with Crippen molar-refractivity contribution >= 4 is 5.91 Å². The zero-order chi connectivity index (χ0) is 19.7. The SMILES string of the molecule is Cc1nc(CCNC(=O)[C@@H](c2ccc3c(c2)OCO3)N(C)C)nc2c1CCC2. The lowest BCUT2D eigenvalue weighted by molar-refractivity contribution is -0.125. The molecule has 7 heteroatoms. The molecule has 0 bridgehead atoms. The molecule has 0 saturated heterocycles. The van der Waals surface area contributed by atoms with E-state index in [1.165, 1.54) is 11.3 Å². The summed E-state index contributed by atoms with van der Waals surface area (Å²) in [5, 5.41) is 3.03. The third kappa shape index (κ3) is 3.67. The minimum atomic E-state index is -0.405. The van der Waals surface area contributed by atoms with Crippen molar-refractivity contribution in [3.8, 4) is 11.5 Å². The zero-order valence-corrected chi connectivity index (χ0v) is 16.6. The molecule has 0 spiro atoms. The molecule has 2 aromatic rings. The highest BCUT2D eigenvalue weighted by Crippen LogP contribution is 2.35. The number of hydrogen-bond donors (Lipinski definition) is 1. The number of aryl methyl sites for hydroxylation is 2. The van der Waals surface area contributed by atoms with Crippen LogP contribution in [-0.4, -0.2) is 48.2 Å². The van der Waals surface area contributed by atoms with Gasteiger partial charge in [-0.25, -0.2) is 9.97 Å². The number of likely N-dealkylation sites (N-methyl/N-ethyl adjacent to an activating group) is 1. The summed E-state index contributed by atoms with van der Waals surface area (Å²) >= 11 is 0. The van der Waals surface area contributed by atoms with Crippen molar-refractivity contribution in [3.05, 3.63) is 46.5 Å². The van der Waals surface area contributed by atoms with E-state index < -0.39 is 6.04 Å². The van der Waals surface area contributed by atoms with Gasteiger partial charge in [-0.1, -0.05) is 6.07 Å². The largest absolute Gasteiger partial charge is 0.454 e. The van der Waals surface area contributed by atoms with Gasteiger partial charge in [0.05, 0.1) is 0 Å². The van der Waals surface area contributed by atoms with Crippen LogP contribution >= 0.6 is 0 Å². The third-order valence-electron chi connectivity index (χ3n) is 5.31. The van der Waals surface area contributed by atoms with Crippen LogP contribution in [0.1, 0.15) is 40.8 Å². The molecule has 28 heavy (non-hydrogen) atoms. The number of nitrogens with zero attached hydrogens (tertiary/aromatic N) is 3. The first-order valence-corrected chi connectivity index (χ1v) is 9.72. The van der Waals surface area contributed by atoms with Crippen LogP contribution in [0, 0.1) is 6.92 Å². The molecule has 1 amide bonds. The molecule has 0 fully saturated rings. The first-order valence-electron chi connectivity index (χ1n) is 9.72. The summed E-state index contributed by atoms with van der Waals surface area (Å²) in [5.74, 6) is 2.15. The number of amides is 1. The maximum Gasteiger partial charge on any atom is 0.241 e. The smallest absolute Gasteiger partial charge is 0.241 e. The Hall–Kier alpha value is -2.67. The van der Waals surface area contributed by atoms with E-state index in [-0.39, 0.29) is 12.7 Å². The number of ether oxygens (including phenoxy) is 2. The van der Waals surface area contributed by atoms with Gasteiger partial charge in [0.2, 0.25) is 12.7 Å². The van der Waals surface area contributed by atoms with Gasteiger partial charge in [0.25, 0.3) is 0 Å². The number of carbonyl (C=O) groups is 1. The van der Waals surface area contributed by atoms with E-state index in [1.54, 1.807) is 0 Å². The number of aromatic nitrogens is 2. The maximum atomic E-state index is 12.9. The Morgan fingerprint density at radius 1 is 1.21 bits per heavy atom. The molecule has 0 radical (unpaired) electrons. The minimum Gasteiger partial charge on any atom is -0.454 e. The summed E-state index contributed by atoms with van der Waals surface area (Å²) in [6.07, 6.45) is 3.90. The highest BCUT2D eigenvalue weighted by molar-refractivity contribution is 5.83. The molecular weight excluding hydrogens is 356 g/mol. The Kier molecular flexibility index (Phi) is 5.17. The predicted octanol–water partition coefficient (Wildman–Crippen LogP) is 1.96. The summed E-state index contributed by atoms with van der Waals surface area (Å²) in [4.78, 5) is 24.1. The van der Waals surface area contributed by atoms with Gasteiger partial charge >= 0.3 is 0 Å². The fourth-order valence-corrected chi connectivity index (χ4v) is 3.96. The van der Waals surface area contributed by atoms with Crippen molar-refractivity contribution in [2.24, 2.45) is 0 Å². The van der Waals surface area contributed by atoms with E-state index in [0.717, 1.165) is 36.3 Å². The van der Waals surface area contributed by atoms with E-state index in [0.29, 0.717) is 24.5 Å². The van der Waals surface area contributed by atoms with Crippen LogP contribution in [0.3, 0.4) is 0 Å². The lowest BCUT2D eigenvalue weighted by Gasteiger charge is -2.24. The van der Waals surface area contributed by atoms with Crippen LogP contribution in [0.4, 0.5) is 0 Å². The molecule has 148 valence electrons. The highest BCUT2D eigenvalue weighted by atomic mass is 16.7. The molecule has 1 N–H and O–H groups in total. The molecule has 4 rings (SSSR count). The summed E-state index contributed by atoms with van der Waals surface area (Å²) in [7, 11) is 3.78. The third-order valence-corrected chi connectivity index (χ3v) is 5.31. The van der Waals surface area contributed by atoms with Crippen LogP contribution in [0.2, 0.25) is 0 Å². The van der Waals surface area contributed by atoms with E-state index in [4.69, 9.17) is 9.47 Å². The summed E-state index contributed by atoms with van der Waals surface area (Å²) in [6.45, 7) is 2.78. The standard InChI is InChI=1S/C21H26N4O3/c1-13-15-5-4-6-16(15)24-19(23-13)9-10-22-21(26)20(25(2)3)14-7-8-17-18(11-14)28-12-27-17/h7-8,11,20H,4-6,9-10,12H2,1-3H3,(H,22,26)/t20-/m1/s1. The van der Waals surface area contributed by atoms with E-state index in [1.807, 2.05) is 37.2 Å². The molecule has 7 nitrogen and oxygen atoms in total. The average Bonchev–Trinajstić information content (AvgIpc) is 3.30. The average molecular weight is 382 g/mol. The second-order valence-electron chi connectivity index (χ2n) is 7.52. The summed E-state index contributed by atoms with van der Waals surface area (Å²) in [6, 6.07) is 5.23. The van der Waals surface area contributed by atoms with Crippen LogP contribution < -0.4 is 14.8 Å². The van der Waals surface area contributed by atoms with Crippen LogP contribution in [-0.2, 0) is 24.1 Å². The van der Waals surface area contributed by atoms with E-state index in [9.17, 15) is 4.79 Å². The topological polar surface area (TPSA) is 76.6 Å². The minimum absolute atomic E-state index is 0.0539. The van der Waals surface area contributed by atoms with Crippen LogP contribution in [0.15, 0.2) is 18.2 Å². The van der Waals surface area contributed by atoms with E-state index in [2.05, 4.69) is 22.2 Å². The molecule has 1 aromatic carbocycles. The van der Waals surface area contributed by atoms with Crippen molar-refractivity contribution in [3.63, 3.8) is 0 Å². The van der Waals surface area contributed by atoms with Crippen LogP contribution in [0.5, 0.6) is 11.5 Å². The van der Waals surface area contributed by atoms with Crippen molar-refractivity contribution in [2.45, 2.75) is 38.6 Å². The number of nitrogens with one attached hydrogen (secondary N) is 1. The fraction of sp³-hybridized carbons (Fsp3) is 0.476. The maximum absolute atomic E-state index is 12.9. The first kappa shape index (κ1) is 18.7. The molecule has 1 atom stereocenters. The number of benzene rings is 1. The second-order valence-corrected chi connectivity index (χ2v) is 7.52. The quantitative estimate of drug-likeness (QED) is 0.823. The number of rotatable bonds is 6. The lowest BCUT2D eigenvalue weighted by atomic mass is 10.0. The van der Waals surface area contributed by atoms with Gasteiger partial charge < -0.3 is 14.8 Å². The molecule has 0 saturated carbocycles. The molecule has 1 aromatic heterocycles. The molecular formula is C21H26N4O3. The van der Waals surface area contributed by atoms with Gasteiger partial charge in [-0.3, -0.25) is 9.69 Å². The Morgan fingerprint density at radius 3 is 2.86 bits per heavy atom. The Morgan fingerprint density at radius 2 is 2.04 bits per heavy atom. The van der Waals surface area contributed by atoms with Gasteiger partial charge in [0.1, 0.15) is 11.9 Å². The molecule has 2 heterocycles. The van der Waals surface area contributed by atoms with Gasteiger partial charge in [0, 0.05) is 24.4 Å². The number of fused-ring (bicyclic) bond motifs is 2. The molecule has 1 aliphatic heterocycles. The van der Waals surface area contributed by atoms with Crippen molar-refractivity contribution < 1.29 is 14.3 Å². The first-order chi connectivity index (χ1) is 13.5. The van der Waals surface area contributed by atoms with Crippen molar-refractivity contribution in [2.75, 3.05) is 27.4 Å². The molecule has 2 aliphatic rings. The normalized spacial score (nSPS) is 15.6. The number of hydrogen-bond acceptors (Lipinski definition) is 6. The van der Waals surface area contributed by atoms with Gasteiger partial charge in [-0.2, -0.15) is 0 Å². The van der Waals surface area contributed by atoms with Crippen molar-refractivity contribution in [1.82, 2.24) is 20.2 Å². The summed E-state index contributed by atoms with van der Waals surface area (Å²) < 4.78 is 10.8. The predicted molar refractivity (Wildman–Crippen MR) is 105 cm³/mol. The van der Waals surface area contributed by atoms with Gasteiger partial charge in [-0.05, 0) is 63.5 Å². The van der Waals surface area contributed by atoms with Crippen LogP contribution in [0.25, 0.3) is 0 Å². The highest BCUT2D eigenvalue weighted by Gasteiger charge is 2.25. The molecule has 1 aliphatic carbocycles. The zero-order valence-electron chi connectivity index (χ0n) is 16.6. The number of carbonyl (C=O) groups excluding carboxylic acids is 1. The van der Waals surface area contributed by atoms with Gasteiger partial charge in [0.15, 0.2) is 11.5 Å². The van der Waals surface area contributed by atoms with E-state index >= 15 is 0 Å². The Bertz CT molecular complexity index is 897. The Labute approximate surface area is 165 Å².